The molecule has 1 aromatic carbocycles. The number of ether oxygens (including phenoxy) is 1. The molecule has 0 saturated carbocycles. The van der Waals surface area contributed by atoms with E-state index in [9.17, 15) is 18.0 Å². The second kappa shape index (κ2) is 12.2. The van der Waals surface area contributed by atoms with Crippen molar-refractivity contribution in [2.75, 3.05) is 39.9 Å². The molecule has 0 spiro atoms. The van der Waals surface area contributed by atoms with Crippen LogP contribution in [0.2, 0.25) is 0 Å². The second-order valence-electron chi connectivity index (χ2n) is 6.28. The van der Waals surface area contributed by atoms with Crippen molar-refractivity contribution < 1.29 is 22.7 Å². The summed E-state index contributed by atoms with van der Waals surface area (Å²) in [5.74, 6) is 0.210. The lowest BCUT2D eigenvalue weighted by Gasteiger charge is -2.16. The summed E-state index contributed by atoms with van der Waals surface area (Å²) in [5, 5.41) is 8.81. The zero-order valence-electron chi connectivity index (χ0n) is 16.5. The molecule has 0 aliphatic heterocycles. The monoisotopic (exact) mass is 402 g/mol. The highest BCUT2D eigenvalue weighted by Crippen LogP contribution is 2.31. The van der Waals surface area contributed by atoms with Crippen LogP contribution in [0.25, 0.3) is 0 Å². The number of rotatable bonds is 10. The Morgan fingerprint density at radius 2 is 1.96 bits per heavy atom. The summed E-state index contributed by atoms with van der Waals surface area (Å²) >= 11 is 0. The first-order chi connectivity index (χ1) is 13.3. The van der Waals surface area contributed by atoms with Gasteiger partial charge in [-0.15, -0.1) is 0 Å². The number of alkyl halides is 3. The predicted octanol–water partition coefficient (Wildman–Crippen LogP) is 2.52. The fourth-order valence-electron chi connectivity index (χ4n) is 2.44. The van der Waals surface area contributed by atoms with Crippen molar-refractivity contribution in [1.82, 2.24) is 16.0 Å². The van der Waals surface area contributed by atoms with Gasteiger partial charge in [0.25, 0.3) is 0 Å². The van der Waals surface area contributed by atoms with E-state index in [4.69, 9.17) is 4.74 Å². The molecule has 6 nitrogen and oxygen atoms in total. The third-order valence-corrected chi connectivity index (χ3v) is 4.01. The van der Waals surface area contributed by atoms with Gasteiger partial charge in [-0.2, -0.15) is 13.2 Å². The first-order valence-corrected chi connectivity index (χ1v) is 9.22. The molecule has 1 aromatic rings. The summed E-state index contributed by atoms with van der Waals surface area (Å²) in [6.07, 6.45) is -3.73. The molecule has 1 amide bonds. The van der Waals surface area contributed by atoms with Crippen LogP contribution < -0.4 is 16.0 Å². The summed E-state index contributed by atoms with van der Waals surface area (Å²) in [7, 11) is 1.55. The van der Waals surface area contributed by atoms with Crippen LogP contribution in [0.4, 0.5) is 13.2 Å². The van der Waals surface area contributed by atoms with Crippen LogP contribution in [-0.2, 0) is 15.7 Å². The molecule has 0 heterocycles. The molecule has 0 aliphatic rings. The number of guanidine groups is 1. The highest BCUT2D eigenvalue weighted by Gasteiger charge is 2.30. The van der Waals surface area contributed by atoms with Crippen LogP contribution in [0.5, 0.6) is 0 Å². The number of hydrogen-bond acceptors (Lipinski definition) is 3. The number of carbonyl (C=O) groups is 1. The highest BCUT2D eigenvalue weighted by atomic mass is 19.4. The molecule has 3 N–H and O–H groups in total. The van der Waals surface area contributed by atoms with E-state index in [2.05, 4.69) is 20.9 Å². The quantitative estimate of drug-likeness (QED) is 0.319. The van der Waals surface area contributed by atoms with Crippen LogP contribution >= 0.6 is 0 Å². The van der Waals surface area contributed by atoms with E-state index in [1.165, 1.54) is 12.1 Å². The van der Waals surface area contributed by atoms with Crippen molar-refractivity contribution in [3.63, 3.8) is 0 Å². The fraction of sp³-hybridized carbons (Fsp3) is 0.579. The van der Waals surface area contributed by atoms with Gasteiger partial charge in [0.15, 0.2) is 5.96 Å². The summed E-state index contributed by atoms with van der Waals surface area (Å²) in [4.78, 5) is 15.9. The Bertz CT molecular complexity index is 636. The number of aliphatic imine (C=N–C) groups is 1. The highest BCUT2D eigenvalue weighted by molar-refractivity contribution is 5.84. The molecular weight excluding hydrogens is 373 g/mol. The Balaban J connectivity index is 2.53. The molecule has 1 atom stereocenters. The second-order valence-corrected chi connectivity index (χ2v) is 6.28. The van der Waals surface area contributed by atoms with E-state index in [1.54, 1.807) is 13.2 Å². The average molecular weight is 402 g/mol. The van der Waals surface area contributed by atoms with Crippen molar-refractivity contribution in [3.05, 3.63) is 35.4 Å². The SMILES string of the molecule is CCNC(=NCC(=O)NCCOC)NCCC(C)c1cccc(C(F)(F)F)c1. The van der Waals surface area contributed by atoms with Crippen LogP contribution in [0.1, 0.15) is 37.3 Å². The average Bonchev–Trinajstić information content (AvgIpc) is 2.65. The van der Waals surface area contributed by atoms with Crippen molar-refractivity contribution in [2.24, 2.45) is 4.99 Å². The van der Waals surface area contributed by atoms with Gasteiger partial charge in [0.1, 0.15) is 6.54 Å². The van der Waals surface area contributed by atoms with E-state index in [-0.39, 0.29) is 18.4 Å². The Hall–Kier alpha value is -2.29. The lowest BCUT2D eigenvalue weighted by Crippen LogP contribution is -2.39. The van der Waals surface area contributed by atoms with Crippen molar-refractivity contribution in [2.45, 2.75) is 32.4 Å². The molecule has 9 heteroatoms. The first-order valence-electron chi connectivity index (χ1n) is 9.22. The van der Waals surface area contributed by atoms with Crippen LogP contribution in [0.3, 0.4) is 0 Å². The van der Waals surface area contributed by atoms with Gasteiger partial charge in [0.2, 0.25) is 5.91 Å². The Morgan fingerprint density at radius 1 is 1.21 bits per heavy atom. The summed E-state index contributed by atoms with van der Waals surface area (Å²) in [6, 6.07) is 5.38. The lowest BCUT2D eigenvalue weighted by molar-refractivity contribution is -0.137. The molecule has 28 heavy (non-hydrogen) atoms. The van der Waals surface area contributed by atoms with E-state index in [1.807, 2.05) is 13.8 Å². The number of methoxy groups -OCH3 is 1. The molecule has 0 fully saturated rings. The van der Waals surface area contributed by atoms with Gasteiger partial charge in [-0.25, -0.2) is 4.99 Å². The number of nitrogens with zero attached hydrogens (tertiary/aromatic N) is 1. The first kappa shape index (κ1) is 23.7. The maximum absolute atomic E-state index is 12.8. The van der Waals surface area contributed by atoms with Crippen LogP contribution in [0.15, 0.2) is 29.3 Å². The van der Waals surface area contributed by atoms with E-state index in [0.29, 0.717) is 44.2 Å². The zero-order valence-corrected chi connectivity index (χ0v) is 16.5. The number of halogens is 3. The molecule has 0 saturated heterocycles. The van der Waals surface area contributed by atoms with Gasteiger partial charge < -0.3 is 20.7 Å². The smallest absolute Gasteiger partial charge is 0.383 e. The Morgan fingerprint density at radius 3 is 2.61 bits per heavy atom. The van der Waals surface area contributed by atoms with Crippen molar-refractivity contribution in [1.29, 1.82) is 0 Å². The van der Waals surface area contributed by atoms with E-state index < -0.39 is 11.7 Å². The predicted molar refractivity (Wildman–Crippen MR) is 103 cm³/mol. The molecule has 0 aromatic heterocycles. The molecule has 0 radical (unpaired) electrons. The Kier molecular flexibility index (Phi) is 10.4. The minimum absolute atomic E-state index is 0.0256. The van der Waals surface area contributed by atoms with E-state index in [0.717, 1.165) is 6.07 Å². The number of nitrogens with one attached hydrogen (secondary N) is 3. The fourth-order valence-corrected chi connectivity index (χ4v) is 2.44. The maximum atomic E-state index is 12.8. The van der Waals surface area contributed by atoms with Gasteiger partial charge in [0.05, 0.1) is 12.2 Å². The van der Waals surface area contributed by atoms with Gasteiger partial charge in [0, 0.05) is 26.7 Å². The molecule has 0 aliphatic carbocycles. The maximum Gasteiger partial charge on any atom is 0.416 e. The van der Waals surface area contributed by atoms with Gasteiger partial charge >= 0.3 is 6.18 Å². The van der Waals surface area contributed by atoms with Crippen molar-refractivity contribution >= 4 is 11.9 Å². The van der Waals surface area contributed by atoms with Crippen LogP contribution in [0, 0.1) is 0 Å². The Labute approximate surface area is 163 Å². The largest absolute Gasteiger partial charge is 0.416 e. The minimum atomic E-state index is -4.34. The lowest BCUT2D eigenvalue weighted by atomic mass is 9.96. The molecular formula is C19H29F3N4O2. The molecule has 0 bridgehead atoms. The third-order valence-electron chi connectivity index (χ3n) is 4.01. The molecule has 1 rings (SSSR count). The number of benzene rings is 1. The topological polar surface area (TPSA) is 74.8 Å². The van der Waals surface area contributed by atoms with Crippen molar-refractivity contribution in [3.8, 4) is 0 Å². The zero-order chi connectivity index (χ0) is 21.0. The number of carbonyl (C=O) groups excluding carboxylic acids is 1. The number of hydrogen-bond donors (Lipinski definition) is 3. The number of amides is 1. The van der Waals surface area contributed by atoms with E-state index >= 15 is 0 Å². The van der Waals surface area contributed by atoms with Gasteiger partial charge in [-0.1, -0.05) is 25.1 Å². The summed E-state index contributed by atoms with van der Waals surface area (Å²) in [6.45, 7) is 5.74. The summed E-state index contributed by atoms with van der Waals surface area (Å²) < 4.78 is 43.4. The normalized spacial score (nSPS) is 13.1. The van der Waals surface area contributed by atoms with Gasteiger partial charge in [-0.3, -0.25) is 4.79 Å². The standard InChI is InChI=1S/C19H29F3N4O2/c1-4-23-18(26-13-17(27)24-10-11-28-3)25-9-8-14(2)15-6-5-7-16(12-15)19(20,21)22/h5-7,12,14H,4,8-11,13H2,1-3H3,(H,24,27)(H2,23,25,26). The van der Waals surface area contributed by atoms with Crippen LogP contribution in [-0.4, -0.2) is 51.8 Å². The minimum Gasteiger partial charge on any atom is -0.383 e. The molecule has 158 valence electrons. The third kappa shape index (κ3) is 9.07. The van der Waals surface area contributed by atoms with Gasteiger partial charge in [-0.05, 0) is 30.9 Å². The molecule has 1 unspecified atom stereocenters. The summed E-state index contributed by atoms with van der Waals surface area (Å²) in [5.41, 5.74) is -0.00437.